The van der Waals surface area contributed by atoms with E-state index in [9.17, 15) is 13.5 Å². The van der Waals surface area contributed by atoms with Gasteiger partial charge in [-0.2, -0.15) is 0 Å². The van der Waals surface area contributed by atoms with Gasteiger partial charge in [-0.05, 0) is 30.2 Å². The summed E-state index contributed by atoms with van der Waals surface area (Å²) in [5.41, 5.74) is 1.07. The van der Waals surface area contributed by atoms with Gasteiger partial charge in [0.15, 0.2) is 9.84 Å². The van der Waals surface area contributed by atoms with Crippen LogP contribution < -0.4 is 10.1 Å². The van der Waals surface area contributed by atoms with Crippen LogP contribution in [-0.2, 0) is 16.4 Å². The van der Waals surface area contributed by atoms with Crippen LogP contribution in [0.5, 0.6) is 5.75 Å². The van der Waals surface area contributed by atoms with E-state index in [1.807, 2.05) is 18.2 Å². The smallest absolute Gasteiger partial charge is 0.156 e. The maximum absolute atomic E-state index is 11.5. The Balaban J connectivity index is 1.95. The standard InChI is InChI=1S/C15H23NO4S/c1-11(2)7-16-8-12-4-3-5-13(6-12)20-15-10-21(18,19)9-14(15)17/h3-6,11,14-17H,7-10H2,1-2H3. The Morgan fingerprint density at radius 1 is 1.38 bits per heavy atom. The van der Waals surface area contributed by atoms with E-state index in [0.29, 0.717) is 11.7 Å². The summed E-state index contributed by atoms with van der Waals surface area (Å²) in [5.74, 6) is 0.848. The fraction of sp³-hybridized carbons (Fsp3) is 0.600. The van der Waals surface area contributed by atoms with Gasteiger partial charge in [0.05, 0.1) is 11.5 Å². The number of rotatable bonds is 6. The second-order valence-electron chi connectivity index (χ2n) is 5.97. The number of hydrogen-bond acceptors (Lipinski definition) is 5. The Kier molecular flexibility index (Phi) is 5.24. The van der Waals surface area contributed by atoms with Crippen LogP contribution in [0.3, 0.4) is 0 Å². The lowest BCUT2D eigenvalue weighted by Gasteiger charge is -2.16. The molecule has 2 unspecified atom stereocenters. The molecular weight excluding hydrogens is 290 g/mol. The van der Waals surface area contributed by atoms with Crippen molar-refractivity contribution in [2.75, 3.05) is 18.1 Å². The van der Waals surface area contributed by atoms with Gasteiger partial charge in [0.1, 0.15) is 18.0 Å². The maximum atomic E-state index is 11.5. The molecule has 1 fully saturated rings. The molecule has 0 aliphatic carbocycles. The highest BCUT2D eigenvalue weighted by molar-refractivity contribution is 7.91. The van der Waals surface area contributed by atoms with Crippen LogP contribution in [0.1, 0.15) is 19.4 Å². The number of sulfone groups is 1. The first-order chi connectivity index (χ1) is 9.85. The molecule has 118 valence electrons. The van der Waals surface area contributed by atoms with Gasteiger partial charge >= 0.3 is 0 Å². The number of nitrogens with one attached hydrogen (secondary N) is 1. The topological polar surface area (TPSA) is 75.6 Å². The number of benzene rings is 1. The summed E-state index contributed by atoms with van der Waals surface area (Å²) in [6.07, 6.45) is -1.62. The normalized spacial score (nSPS) is 24.4. The molecule has 0 saturated carbocycles. The summed E-state index contributed by atoms with van der Waals surface area (Å²) >= 11 is 0. The van der Waals surface area contributed by atoms with Crippen molar-refractivity contribution in [3.8, 4) is 5.75 Å². The molecule has 0 bridgehead atoms. The van der Waals surface area contributed by atoms with E-state index < -0.39 is 22.0 Å². The van der Waals surface area contributed by atoms with Crippen molar-refractivity contribution in [3.63, 3.8) is 0 Å². The third kappa shape index (κ3) is 4.98. The van der Waals surface area contributed by atoms with E-state index >= 15 is 0 Å². The molecule has 0 aromatic heterocycles. The van der Waals surface area contributed by atoms with Crippen molar-refractivity contribution in [1.82, 2.24) is 5.32 Å². The molecule has 1 saturated heterocycles. The Morgan fingerprint density at radius 2 is 2.14 bits per heavy atom. The first-order valence-corrected chi connectivity index (χ1v) is 9.02. The summed E-state index contributed by atoms with van der Waals surface area (Å²) < 4.78 is 28.6. The molecule has 2 atom stereocenters. The summed E-state index contributed by atoms with van der Waals surface area (Å²) in [6, 6.07) is 7.52. The van der Waals surface area contributed by atoms with Crippen molar-refractivity contribution in [1.29, 1.82) is 0 Å². The molecule has 2 rings (SSSR count). The minimum Gasteiger partial charge on any atom is -0.487 e. The molecule has 0 radical (unpaired) electrons. The van der Waals surface area contributed by atoms with E-state index in [0.717, 1.165) is 18.7 Å². The molecule has 0 spiro atoms. The molecular formula is C15H23NO4S. The van der Waals surface area contributed by atoms with Gasteiger partial charge in [0.2, 0.25) is 0 Å². The van der Waals surface area contributed by atoms with Crippen LogP contribution >= 0.6 is 0 Å². The van der Waals surface area contributed by atoms with E-state index in [4.69, 9.17) is 4.74 Å². The molecule has 5 nitrogen and oxygen atoms in total. The van der Waals surface area contributed by atoms with E-state index in [1.54, 1.807) is 6.07 Å². The van der Waals surface area contributed by atoms with Crippen LogP contribution in [-0.4, -0.2) is 43.8 Å². The van der Waals surface area contributed by atoms with Gasteiger partial charge in [-0.3, -0.25) is 0 Å². The molecule has 6 heteroatoms. The minimum absolute atomic E-state index is 0.121. The molecule has 21 heavy (non-hydrogen) atoms. The first kappa shape index (κ1) is 16.3. The lowest BCUT2D eigenvalue weighted by molar-refractivity contribution is 0.0737. The second kappa shape index (κ2) is 6.77. The second-order valence-corrected chi connectivity index (χ2v) is 8.13. The Morgan fingerprint density at radius 3 is 2.76 bits per heavy atom. The van der Waals surface area contributed by atoms with Crippen molar-refractivity contribution in [3.05, 3.63) is 29.8 Å². The average Bonchev–Trinajstić information content (AvgIpc) is 2.62. The highest BCUT2D eigenvalue weighted by Gasteiger charge is 2.38. The Labute approximate surface area is 126 Å². The summed E-state index contributed by atoms with van der Waals surface area (Å²) in [6.45, 7) is 5.97. The quantitative estimate of drug-likeness (QED) is 0.818. The van der Waals surface area contributed by atoms with Gasteiger partial charge in [-0.1, -0.05) is 26.0 Å². The molecule has 2 N–H and O–H groups in total. The van der Waals surface area contributed by atoms with Crippen LogP contribution in [0, 0.1) is 5.92 Å². The predicted octanol–water partition coefficient (Wildman–Crippen LogP) is 0.969. The number of hydrogen-bond donors (Lipinski definition) is 2. The fourth-order valence-corrected chi connectivity index (χ4v) is 3.98. The highest BCUT2D eigenvalue weighted by atomic mass is 32.2. The summed E-state index contributed by atoms with van der Waals surface area (Å²) in [4.78, 5) is 0. The third-order valence-electron chi connectivity index (χ3n) is 3.34. The zero-order valence-corrected chi connectivity index (χ0v) is 13.3. The monoisotopic (exact) mass is 313 g/mol. The van der Waals surface area contributed by atoms with E-state index in [1.165, 1.54) is 0 Å². The SMILES string of the molecule is CC(C)CNCc1cccc(OC2CS(=O)(=O)CC2O)c1. The Hall–Kier alpha value is -1.11. The van der Waals surface area contributed by atoms with E-state index in [-0.39, 0.29) is 11.5 Å². The number of aliphatic hydroxyl groups is 1. The largest absolute Gasteiger partial charge is 0.487 e. The molecule has 1 heterocycles. The number of aliphatic hydroxyl groups excluding tert-OH is 1. The molecule has 1 aliphatic rings. The van der Waals surface area contributed by atoms with Gasteiger partial charge in [0, 0.05) is 6.54 Å². The maximum Gasteiger partial charge on any atom is 0.156 e. The average molecular weight is 313 g/mol. The lowest BCUT2D eigenvalue weighted by Crippen LogP contribution is -2.29. The third-order valence-corrected chi connectivity index (χ3v) is 5.03. The van der Waals surface area contributed by atoms with Gasteiger partial charge in [-0.15, -0.1) is 0 Å². The molecule has 0 amide bonds. The van der Waals surface area contributed by atoms with Crippen molar-refractivity contribution < 1.29 is 18.3 Å². The van der Waals surface area contributed by atoms with Gasteiger partial charge in [-0.25, -0.2) is 8.42 Å². The number of ether oxygens (including phenoxy) is 1. The fourth-order valence-electron chi connectivity index (χ4n) is 2.32. The van der Waals surface area contributed by atoms with Crippen LogP contribution in [0.25, 0.3) is 0 Å². The highest BCUT2D eigenvalue weighted by Crippen LogP contribution is 2.21. The predicted molar refractivity (Wildman–Crippen MR) is 82.1 cm³/mol. The van der Waals surface area contributed by atoms with Crippen molar-refractivity contribution in [2.45, 2.75) is 32.6 Å². The lowest BCUT2D eigenvalue weighted by atomic mass is 10.2. The molecule has 1 aliphatic heterocycles. The van der Waals surface area contributed by atoms with E-state index in [2.05, 4.69) is 19.2 Å². The van der Waals surface area contributed by atoms with Crippen LogP contribution in [0.2, 0.25) is 0 Å². The molecule has 1 aromatic carbocycles. The summed E-state index contributed by atoms with van der Waals surface area (Å²) in [5, 5.41) is 13.1. The zero-order valence-electron chi connectivity index (χ0n) is 12.5. The van der Waals surface area contributed by atoms with Crippen LogP contribution in [0.4, 0.5) is 0 Å². The van der Waals surface area contributed by atoms with Gasteiger partial charge in [0.25, 0.3) is 0 Å². The van der Waals surface area contributed by atoms with Crippen molar-refractivity contribution in [2.24, 2.45) is 5.92 Å². The van der Waals surface area contributed by atoms with Gasteiger partial charge < -0.3 is 15.2 Å². The zero-order chi connectivity index (χ0) is 15.5. The first-order valence-electron chi connectivity index (χ1n) is 7.20. The van der Waals surface area contributed by atoms with Crippen LogP contribution in [0.15, 0.2) is 24.3 Å². The minimum atomic E-state index is -3.19. The van der Waals surface area contributed by atoms with Crippen molar-refractivity contribution >= 4 is 9.84 Å². The Bertz CT molecular complexity index is 571. The molecule has 1 aromatic rings. The summed E-state index contributed by atoms with van der Waals surface area (Å²) in [7, 11) is -3.19.